The summed E-state index contributed by atoms with van der Waals surface area (Å²) in [7, 11) is 9.89. The van der Waals surface area contributed by atoms with E-state index < -0.39 is 221 Å². The van der Waals surface area contributed by atoms with E-state index in [0.717, 1.165) is 9.80 Å². The zero-order valence-corrected chi connectivity index (χ0v) is 73.5. The van der Waals surface area contributed by atoms with Crippen molar-refractivity contribution >= 4 is 76.4 Å². The molecule has 1 saturated heterocycles. The molecule has 0 spiro atoms. The number of allylic oxidation sites excluding steroid dienone is 6. The second-order valence-electron chi connectivity index (χ2n) is 36.6. The number of rotatable bonds is 21. The normalized spacial score (nSPS) is 33.3. The van der Waals surface area contributed by atoms with Crippen LogP contribution in [0.1, 0.15) is 209 Å². The molecule has 0 aromatic carbocycles. The number of alkyl halides is 1. The lowest BCUT2D eigenvalue weighted by Crippen LogP contribution is -2.69. The molecule has 20 atom stereocenters. The minimum Gasteiger partial charge on any atom is -0.390 e. The number of halogens is 1. The standard InChI is InChI=1S/C86H141FN10O17/c1-28-30-31-53(15)73(114-46-113-45-68(101)86(112)55(17)41-60-59-33-32-57-42-58(98)34-35-83(57,19)85(59,87)67(100)43-84(60,86)20)72-76(105)89-61(29-2)78(107)91(21)44-69(102)92(22)63(37-48(5)6)75(104)90-70(51(11)12)81(110)93(23)62(36-47(3)4)66(99)40-54(16)74(103)88-56(18)77(106)94(24)64(38-49(7)8)79(108)95(25)65(39-50(9)10)80(109)96(26)71(52(13)14)82(111)97(72)27/h28,30,34-35,42,47-56,59-65,67,70-73,100,112H,29,31-33,36-41,43-46H2,1-27H3,(H,88,103)(H,89,105)(H,90,104)/b30-28+/t53-,54?,55-,56?,59+,60+,61?,62?,63+,64?,65?,67+,70?,71?,72?,73-,83+,84+,85+,86+/m1/s1. The number of aliphatic hydroxyl groups excluding tert-OH is 1. The smallest absolute Gasteiger partial charge is 0.246 e. The summed E-state index contributed by atoms with van der Waals surface area (Å²) in [4.78, 5) is 202. The van der Waals surface area contributed by atoms with Crippen molar-refractivity contribution in [3.63, 3.8) is 0 Å². The van der Waals surface area contributed by atoms with Crippen LogP contribution in [-0.2, 0) is 71.8 Å². The molecule has 4 aliphatic carbocycles. The molecular weight excluding hydrogens is 1460 g/mol. The maximum absolute atomic E-state index is 18.2. The fraction of sp³-hybridized carbons (Fsp3) is 0.779. The Kier molecular flexibility index (Phi) is 34.3. The summed E-state index contributed by atoms with van der Waals surface area (Å²) in [5.41, 5.74) is -6.48. The predicted molar refractivity (Wildman–Crippen MR) is 432 cm³/mol. The van der Waals surface area contributed by atoms with Crippen molar-refractivity contribution in [1.29, 1.82) is 0 Å². The molecule has 0 bridgehead atoms. The fourth-order valence-electron chi connectivity index (χ4n) is 18.7. The largest absolute Gasteiger partial charge is 0.390 e. The van der Waals surface area contributed by atoms with E-state index in [-0.39, 0.29) is 93.7 Å². The van der Waals surface area contributed by atoms with Gasteiger partial charge in [0.25, 0.3) is 0 Å². The van der Waals surface area contributed by atoms with Crippen LogP contribution in [-0.4, -0.2) is 268 Å². The van der Waals surface area contributed by atoms with E-state index in [1.54, 1.807) is 75.3 Å². The molecular formula is C86H141FN10O17. The van der Waals surface area contributed by atoms with Crippen molar-refractivity contribution in [2.45, 2.75) is 287 Å². The highest BCUT2D eigenvalue weighted by Crippen LogP contribution is 2.71. The van der Waals surface area contributed by atoms with Crippen molar-refractivity contribution in [3.8, 4) is 0 Å². The molecule has 5 aliphatic rings. The third-order valence-electron chi connectivity index (χ3n) is 25.5. The van der Waals surface area contributed by atoms with Gasteiger partial charge in [0.05, 0.1) is 24.8 Å². The molecule has 644 valence electrons. The summed E-state index contributed by atoms with van der Waals surface area (Å²) in [6, 6.07) is -11.6. The van der Waals surface area contributed by atoms with Crippen molar-refractivity contribution in [3.05, 3.63) is 36.0 Å². The third kappa shape index (κ3) is 21.0. The van der Waals surface area contributed by atoms with Gasteiger partial charge in [-0.05, 0) is 150 Å². The molecule has 5 N–H and O–H groups in total. The maximum Gasteiger partial charge on any atom is 0.246 e. The second-order valence-corrected chi connectivity index (χ2v) is 36.6. The number of carbonyl (C=O) groups is 13. The van der Waals surface area contributed by atoms with Crippen molar-refractivity contribution in [2.24, 2.45) is 75.9 Å². The number of Topliss-reactive ketones (excluding diaryl/α,β-unsaturated/α-hetero) is 2. The highest BCUT2D eigenvalue weighted by Gasteiger charge is 2.76. The Morgan fingerprint density at radius 1 is 0.632 bits per heavy atom. The number of carbonyl (C=O) groups excluding carboxylic acids is 13. The van der Waals surface area contributed by atoms with E-state index in [1.807, 2.05) is 61.5 Å². The zero-order chi connectivity index (χ0) is 86.8. The first-order chi connectivity index (χ1) is 52.8. The number of nitrogens with zero attached hydrogens (tertiary/aromatic N) is 7. The zero-order valence-electron chi connectivity index (χ0n) is 73.5. The second kappa shape index (κ2) is 40.2. The molecule has 4 fully saturated rings. The van der Waals surface area contributed by atoms with Gasteiger partial charge in [0.1, 0.15) is 67.3 Å². The topological polar surface area (TPSA) is 340 Å². The van der Waals surface area contributed by atoms with Gasteiger partial charge in [-0.3, -0.25) is 62.3 Å². The Morgan fingerprint density at radius 2 is 1.16 bits per heavy atom. The summed E-state index contributed by atoms with van der Waals surface area (Å²) >= 11 is 0. The van der Waals surface area contributed by atoms with Crippen LogP contribution in [0.25, 0.3) is 0 Å². The summed E-state index contributed by atoms with van der Waals surface area (Å²) < 4.78 is 31.0. The van der Waals surface area contributed by atoms with E-state index in [9.17, 15) is 53.4 Å². The van der Waals surface area contributed by atoms with E-state index in [1.165, 1.54) is 106 Å². The number of aliphatic hydroxyl groups is 2. The predicted octanol–water partition coefficient (Wildman–Crippen LogP) is 7.28. The minimum absolute atomic E-state index is 0.0691. The summed E-state index contributed by atoms with van der Waals surface area (Å²) in [6.07, 6.45) is 5.74. The van der Waals surface area contributed by atoms with E-state index >= 15 is 23.6 Å². The molecule has 10 amide bonds. The number of hydrogen-bond donors (Lipinski definition) is 5. The number of ketones is 3. The SMILES string of the molecule is C/C=C/C[C@@H](C)[C@@H](OCOCC(=O)[C@@]1(O)[C@H](C)C[C@H]2[C@@H]3CCC4=CC(=O)C=C[C@]4(C)[C@@]3(F)[C@@H](O)C[C@@]21C)C1C(=O)NC(CC)C(=O)N(C)CC(=O)N(C)[C@@H](CC(C)C)C(=O)NC(C(C)C)C(=O)N(C)C(CC(C)C)C(=O)CC(C)C(=O)NC(C)C(=O)N(C)C(CC(C)C)C(=O)N(C)C(CC(C)C)C(=O)N(C)C(C(C)C)C(=O)N1C. The van der Waals surface area contributed by atoms with Crippen LogP contribution >= 0.6 is 0 Å². The maximum atomic E-state index is 18.2. The molecule has 0 aromatic rings. The van der Waals surface area contributed by atoms with Crippen LogP contribution in [0, 0.1) is 75.9 Å². The van der Waals surface area contributed by atoms with Crippen molar-refractivity contribution in [1.82, 2.24) is 50.2 Å². The van der Waals surface area contributed by atoms with Gasteiger partial charge in [-0.15, -0.1) is 0 Å². The van der Waals surface area contributed by atoms with Crippen LogP contribution in [0.4, 0.5) is 4.39 Å². The van der Waals surface area contributed by atoms with E-state index in [2.05, 4.69) is 16.0 Å². The van der Waals surface area contributed by atoms with Gasteiger partial charge in [-0.2, -0.15) is 0 Å². The molecule has 5 rings (SSSR count). The van der Waals surface area contributed by atoms with Gasteiger partial charge in [-0.25, -0.2) is 4.39 Å². The molecule has 114 heavy (non-hydrogen) atoms. The van der Waals surface area contributed by atoms with Crippen molar-refractivity contribution in [2.75, 3.05) is 69.3 Å². The van der Waals surface area contributed by atoms with Gasteiger partial charge in [0.15, 0.2) is 23.0 Å². The number of hydrogen-bond acceptors (Lipinski definition) is 17. The molecule has 1 heterocycles. The number of ether oxygens (including phenoxy) is 2. The Bertz CT molecular complexity index is 3580. The lowest BCUT2D eigenvalue weighted by Gasteiger charge is -2.62. The number of fused-ring (bicyclic) bond motifs is 5. The van der Waals surface area contributed by atoms with Crippen LogP contribution in [0.3, 0.4) is 0 Å². The van der Waals surface area contributed by atoms with Gasteiger partial charge >= 0.3 is 0 Å². The lowest BCUT2D eigenvalue weighted by atomic mass is 9.44. The van der Waals surface area contributed by atoms with E-state index in [0.29, 0.717) is 12.0 Å². The molecule has 0 radical (unpaired) electrons. The summed E-state index contributed by atoms with van der Waals surface area (Å²) in [5, 5.41) is 33.6. The van der Waals surface area contributed by atoms with Crippen LogP contribution < -0.4 is 16.0 Å². The Balaban J connectivity index is 1.65. The highest BCUT2D eigenvalue weighted by atomic mass is 19.1. The van der Waals surface area contributed by atoms with Crippen LogP contribution in [0.5, 0.6) is 0 Å². The molecule has 0 aromatic heterocycles. The molecule has 27 nitrogen and oxygen atoms in total. The Morgan fingerprint density at radius 3 is 1.69 bits per heavy atom. The number of nitrogens with one attached hydrogen (secondary N) is 3. The molecule has 28 heteroatoms. The quantitative estimate of drug-likeness (QED) is 0.0428. The summed E-state index contributed by atoms with van der Waals surface area (Å²) in [5.74, 6) is -14.4. The van der Waals surface area contributed by atoms with Gasteiger partial charge < -0.3 is 69.9 Å². The summed E-state index contributed by atoms with van der Waals surface area (Å²) in [6.45, 7) is 32.9. The van der Waals surface area contributed by atoms with Crippen LogP contribution in [0.2, 0.25) is 0 Å². The molecule has 1 aliphatic heterocycles. The first-order valence-electron chi connectivity index (χ1n) is 41.5. The monoisotopic (exact) mass is 1610 g/mol. The Hall–Kier alpha value is -7.30. The number of amides is 10. The Labute approximate surface area is 678 Å². The fourth-order valence-corrected chi connectivity index (χ4v) is 18.7. The average Bonchev–Trinajstić information content (AvgIpc) is 1.47. The highest BCUT2D eigenvalue weighted by molar-refractivity contribution is 6.02. The van der Waals surface area contributed by atoms with Gasteiger partial charge in [-0.1, -0.05) is 142 Å². The van der Waals surface area contributed by atoms with Crippen LogP contribution in [0.15, 0.2) is 36.0 Å². The van der Waals surface area contributed by atoms with Gasteiger partial charge in [0, 0.05) is 78.4 Å². The molecule has 3 saturated carbocycles. The minimum atomic E-state index is -2.23. The van der Waals surface area contributed by atoms with Crippen molar-refractivity contribution < 1.29 is 86.4 Å². The van der Waals surface area contributed by atoms with E-state index in [4.69, 9.17) is 9.47 Å². The molecule has 9 unspecified atom stereocenters. The lowest BCUT2D eigenvalue weighted by molar-refractivity contribution is -0.221. The first kappa shape index (κ1) is 97.3. The third-order valence-corrected chi connectivity index (χ3v) is 25.5. The average molecular weight is 1610 g/mol. The number of likely N-dealkylation sites (N-methyl/N-ethyl adjacent to an activating group) is 7. The van der Waals surface area contributed by atoms with Gasteiger partial charge in [0.2, 0.25) is 59.1 Å². The first-order valence-corrected chi connectivity index (χ1v) is 41.5.